The van der Waals surface area contributed by atoms with Crippen molar-refractivity contribution in [2.45, 2.75) is 20.3 Å². The van der Waals surface area contributed by atoms with Crippen molar-refractivity contribution in [2.75, 3.05) is 26.2 Å². The molecule has 1 aromatic carbocycles. The Morgan fingerprint density at radius 2 is 1.78 bits per heavy atom. The summed E-state index contributed by atoms with van der Waals surface area (Å²) in [4.78, 5) is 24.8. The van der Waals surface area contributed by atoms with Crippen LogP contribution in [0, 0.1) is 24.7 Å². The third-order valence-electron chi connectivity index (χ3n) is 5.42. The summed E-state index contributed by atoms with van der Waals surface area (Å²) in [7, 11) is 0. The van der Waals surface area contributed by atoms with Crippen LogP contribution < -0.4 is 4.74 Å². The van der Waals surface area contributed by atoms with E-state index in [4.69, 9.17) is 4.74 Å². The maximum absolute atomic E-state index is 11.5. The predicted molar refractivity (Wildman–Crippen MR) is 82.6 cm³/mol. The Balaban J connectivity index is 1.60. The molecule has 2 aliphatic rings. The minimum atomic E-state index is -1.11. The van der Waals surface area contributed by atoms with Crippen LogP contribution in [-0.4, -0.2) is 53.3 Å². The third kappa shape index (κ3) is 2.28. The van der Waals surface area contributed by atoms with E-state index in [1.807, 2.05) is 36.9 Å². The first-order chi connectivity index (χ1) is 10.8. The number of carboxylic acid groups (broad SMARTS) is 2. The van der Waals surface area contributed by atoms with Gasteiger partial charge >= 0.3 is 11.9 Å². The molecule has 2 fully saturated rings. The second-order valence-corrected chi connectivity index (χ2v) is 6.71. The lowest BCUT2D eigenvalue weighted by Gasteiger charge is -2.20. The summed E-state index contributed by atoms with van der Waals surface area (Å²) in [5.74, 6) is -1.19. The lowest BCUT2D eigenvalue weighted by Crippen LogP contribution is -2.32. The molecular formula is C17H21NO5. The number of carbonyl (C=O) groups is 2. The molecule has 1 aliphatic heterocycles. The monoisotopic (exact) mass is 319 g/mol. The Hall–Kier alpha value is -2.08. The normalized spacial score (nSPS) is 29.1. The predicted octanol–water partition coefficient (Wildman–Crippen LogP) is 1.54. The van der Waals surface area contributed by atoms with Crippen molar-refractivity contribution < 1.29 is 24.5 Å². The van der Waals surface area contributed by atoms with Gasteiger partial charge in [0.15, 0.2) is 0 Å². The van der Waals surface area contributed by atoms with Crippen molar-refractivity contribution >= 4 is 11.9 Å². The highest BCUT2D eigenvalue weighted by Crippen LogP contribution is 2.68. The molecule has 0 aromatic heterocycles. The molecule has 0 spiro atoms. The summed E-state index contributed by atoms with van der Waals surface area (Å²) in [6.07, 6.45) is 0.235. The third-order valence-corrected chi connectivity index (χ3v) is 5.42. The van der Waals surface area contributed by atoms with Crippen molar-refractivity contribution in [2.24, 2.45) is 10.8 Å². The molecule has 124 valence electrons. The van der Waals surface area contributed by atoms with Crippen LogP contribution in [0.25, 0.3) is 0 Å². The molecule has 0 bridgehead atoms. The lowest BCUT2D eigenvalue weighted by molar-refractivity contribution is -0.151. The van der Waals surface area contributed by atoms with Crippen molar-refractivity contribution in [3.05, 3.63) is 29.3 Å². The van der Waals surface area contributed by atoms with Gasteiger partial charge in [-0.05, 0) is 37.5 Å². The molecule has 23 heavy (non-hydrogen) atoms. The average molecular weight is 319 g/mol. The topological polar surface area (TPSA) is 87.1 Å². The number of aryl methyl sites for hydroxylation is 1. The number of hydrogen-bond acceptors (Lipinski definition) is 4. The van der Waals surface area contributed by atoms with Crippen LogP contribution in [0.2, 0.25) is 0 Å². The zero-order valence-electron chi connectivity index (χ0n) is 13.3. The summed E-state index contributed by atoms with van der Waals surface area (Å²) < 4.78 is 5.78. The largest absolute Gasteiger partial charge is 0.492 e. The Bertz CT molecular complexity index is 645. The van der Waals surface area contributed by atoms with Crippen LogP contribution in [0.15, 0.2) is 18.2 Å². The van der Waals surface area contributed by atoms with Gasteiger partial charge < -0.3 is 14.9 Å². The first-order valence-electron chi connectivity index (χ1n) is 7.71. The van der Waals surface area contributed by atoms with Gasteiger partial charge in [0.05, 0.1) is 10.8 Å². The fraction of sp³-hybridized carbons (Fsp3) is 0.529. The summed E-state index contributed by atoms with van der Waals surface area (Å²) >= 11 is 0. The number of rotatable bonds is 6. The van der Waals surface area contributed by atoms with E-state index >= 15 is 0 Å². The summed E-state index contributed by atoms with van der Waals surface area (Å²) in [5.41, 5.74) is 0.0104. The van der Waals surface area contributed by atoms with Crippen LogP contribution in [0.3, 0.4) is 0 Å². The van der Waals surface area contributed by atoms with Gasteiger partial charge in [-0.1, -0.05) is 12.1 Å². The van der Waals surface area contributed by atoms with Gasteiger partial charge in [0.25, 0.3) is 0 Å². The van der Waals surface area contributed by atoms with Gasteiger partial charge in [-0.2, -0.15) is 0 Å². The highest BCUT2D eigenvalue weighted by atomic mass is 16.5. The van der Waals surface area contributed by atoms with Crippen molar-refractivity contribution in [1.82, 2.24) is 4.90 Å². The fourth-order valence-corrected chi connectivity index (χ4v) is 3.72. The van der Waals surface area contributed by atoms with E-state index < -0.39 is 22.8 Å². The van der Waals surface area contributed by atoms with Crippen LogP contribution in [0.5, 0.6) is 5.75 Å². The number of benzene rings is 1. The molecule has 1 aliphatic carbocycles. The summed E-state index contributed by atoms with van der Waals surface area (Å²) in [5, 5.41) is 18.8. The van der Waals surface area contributed by atoms with Crippen LogP contribution in [0.4, 0.5) is 0 Å². The molecule has 0 amide bonds. The zero-order valence-corrected chi connectivity index (χ0v) is 13.3. The van der Waals surface area contributed by atoms with Crippen molar-refractivity contribution in [3.8, 4) is 5.75 Å². The summed E-state index contributed by atoms with van der Waals surface area (Å²) in [6, 6.07) is 5.85. The molecule has 1 heterocycles. The highest BCUT2D eigenvalue weighted by Gasteiger charge is 2.80. The highest BCUT2D eigenvalue weighted by molar-refractivity contribution is 5.94. The van der Waals surface area contributed by atoms with E-state index in [0.29, 0.717) is 13.2 Å². The molecule has 1 aromatic rings. The van der Waals surface area contributed by atoms with E-state index in [1.54, 1.807) is 0 Å². The minimum absolute atomic E-state index is 0.235. The number of ether oxygens (including phenoxy) is 1. The smallest absolute Gasteiger partial charge is 0.312 e. The molecular weight excluding hydrogens is 298 g/mol. The molecule has 0 radical (unpaired) electrons. The second-order valence-electron chi connectivity index (χ2n) is 6.71. The number of carboxylic acids is 2. The Morgan fingerprint density at radius 1 is 1.17 bits per heavy atom. The second kappa shape index (κ2) is 5.23. The molecule has 2 atom stereocenters. The van der Waals surface area contributed by atoms with E-state index in [1.165, 1.54) is 0 Å². The molecule has 0 unspecified atom stereocenters. The number of piperidine rings is 1. The van der Waals surface area contributed by atoms with Crippen molar-refractivity contribution in [3.63, 3.8) is 0 Å². The first kappa shape index (κ1) is 15.8. The van der Waals surface area contributed by atoms with E-state index in [9.17, 15) is 19.8 Å². The summed E-state index contributed by atoms with van der Waals surface area (Å²) in [6.45, 7) is 5.51. The molecule has 1 saturated heterocycles. The molecule has 2 N–H and O–H groups in total. The molecule has 6 heteroatoms. The van der Waals surface area contributed by atoms with Gasteiger partial charge in [-0.3, -0.25) is 14.5 Å². The van der Waals surface area contributed by atoms with Gasteiger partial charge in [0.1, 0.15) is 12.4 Å². The molecule has 6 nitrogen and oxygen atoms in total. The SMILES string of the molecule is Cc1cccc(OCCN2C[C@@]3(C(=O)O)C[C@@]3(C(=O)O)C2)c1C. The number of fused-ring (bicyclic) bond motifs is 1. The van der Waals surface area contributed by atoms with E-state index in [-0.39, 0.29) is 19.5 Å². The Morgan fingerprint density at radius 3 is 2.35 bits per heavy atom. The lowest BCUT2D eigenvalue weighted by atomic mass is 9.97. The Labute approximate surface area is 134 Å². The van der Waals surface area contributed by atoms with Crippen LogP contribution in [0.1, 0.15) is 17.5 Å². The van der Waals surface area contributed by atoms with E-state index in [2.05, 4.69) is 0 Å². The standard InChI is InChI=1S/C17H21NO5/c1-11-4-3-5-13(12(11)2)23-7-6-18-9-16(14(19)20)8-17(16,10-18)15(21)22/h3-5H,6-10H2,1-2H3,(H,19,20)(H,21,22)/t16-,17+. The first-order valence-corrected chi connectivity index (χ1v) is 7.71. The maximum atomic E-state index is 11.5. The number of likely N-dealkylation sites (tertiary alicyclic amines) is 1. The number of nitrogens with zero attached hydrogens (tertiary/aromatic N) is 1. The number of aliphatic carboxylic acids is 2. The average Bonchev–Trinajstić information content (AvgIpc) is 3.03. The number of hydrogen-bond donors (Lipinski definition) is 2. The molecule has 3 rings (SSSR count). The van der Waals surface area contributed by atoms with Crippen LogP contribution in [-0.2, 0) is 9.59 Å². The van der Waals surface area contributed by atoms with Gasteiger partial charge in [-0.25, -0.2) is 0 Å². The van der Waals surface area contributed by atoms with Crippen LogP contribution >= 0.6 is 0 Å². The van der Waals surface area contributed by atoms with Gasteiger partial charge in [0, 0.05) is 19.6 Å². The zero-order chi connectivity index (χ0) is 16.8. The van der Waals surface area contributed by atoms with Gasteiger partial charge in [0.2, 0.25) is 0 Å². The maximum Gasteiger partial charge on any atom is 0.312 e. The Kier molecular flexibility index (Phi) is 3.59. The quantitative estimate of drug-likeness (QED) is 0.827. The van der Waals surface area contributed by atoms with E-state index in [0.717, 1.165) is 16.9 Å². The van der Waals surface area contributed by atoms with Gasteiger partial charge in [-0.15, -0.1) is 0 Å². The molecule has 1 saturated carbocycles. The minimum Gasteiger partial charge on any atom is -0.492 e. The van der Waals surface area contributed by atoms with Crippen molar-refractivity contribution in [1.29, 1.82) is 0 Å². The fourth-order valence-electron chi connectivity index (χ4n) is 3.72.